The molecule has 0 atom stereocenters. The van der Waals surface area contributed by atoms with Gasteiger partial charge >= 0.3 is 0 Å². The van der Waals surface area contributed by atoms with Gasteiger partial charge < -0.3 is 10.1 Å². The van der Waals surface area contributed by atoms with E-state index in [0.717, 1.165) is 27.8 Å². The molecule has 3 aromatic carbocycles. The molecule has 0 bridgehead atoms. The van der Waals surface area contributed by atoms with Crippen molar-refractivity contribution >= 4 is 46.3 Å². The highest BCUT2D eigenvalue weighted by molar-refractivity contribution is 8.18. The van der Waals surface area contributed by atoms with Gasteiger partial charge in [-0.1, -0.05) is 29.8 Å². The van der Waals surface area contributed by atoms with Crippen LogP contribution in [0, 0.1) is 17.0 Å². The highest BCUT2D eigenvalue weighted by atomic mass is 32.2. The summed E-state index contributed by atoms with van der Waals surface area (Å²) in [5, 5.41) is 12.9. The lowest BCUT2D eigenvalue weighted by atomic mass is 10.2. The number of thioether (sulfide) groups is 1. The van der Waals surface area contributed by atoms with Crippen LogP contribution in [-0.2, 0) is 16.2 Å². The molecule has 3 aromatic rings. The van der Waals surface area contributed by atoms with Crippen LogP contribution >= 0.6 is 11.8 Å². The molecule has 0 spiro atoms. The summed E-state index contributed by atoms with van der Waals surface area (Å²) >= 11 is 0.781. The molecule has 1 N–H and O–H groups in total. The van der Waals surface area contributed by atoms with Crippen molar-refractivity contribution in [2.75, 3.05) is 11.9 Å². The van der Waals surface area contributed by atoms with Gasteiger partial charge in [-0.3, -0.25) is 29.4 Å². The molecule has 1 saturated heterocycles. The van der Waals surface area contributed by atoms with E-state index in [2.05, 4.69) is 5.32 Å². The van der Waals surface area contributed by atoms with E-state index in [0.29, 0.717) is 17.0 Å². The zero-order chi connectivity index (χ0) is 25.7. The Morgan fingerprint density at radius 1 is 1.03 bits per heavy atom. The maximum absolute atomic E-state index is 12.7. The highest BCUT2D eigenvalue weighted by Crippen LogP contribution is 2.32. The zero-order valence-corrected chi connectivity index (χ0v) is 20.0. The third-order valence-corrected chi connectivity index (χ3v) is 6.15. The smallest absolute Gasteiger partial charge is 0.294 e. The average Bonchev–Trinajstić information content (AvgIpc) is 3.12. The van der Waals surface area contributed by atoms with E-state index in [1.807, 2.05) is 19.1 Å². The second kappa shape index (κ2) is 10.9. The molecule has 1 aliphatic rings. The molecule has 1 fully saturated rings. The molecule has 3 amide bonds. The standard InChI is InChI=1S/C26H21N3O6S/c1-17-2-8-20(9-3-17)27-24(30)15-28-25(31)23(36-26(28)32)14-18-6-12-22(13-7-18)35-16-19-4-10-21(11-5-19)29(33)34/h2-14H,15-16H2,1H3,(H,27,30)/b23-14+. The van der Waals surface area contributed by atoms with E-state index in [4.69, 9.17) is 4.74 Å². The second-order valence-electron chi connectivity index (χ2n) is 7.96. The van der Waals surface area contributed by atoms with Crippen molar-refractivity contribution in [1.82, 2.24) is 4.90 Å². The molecular weight excluding hydrogens is 482 g/mol. The zero-order valence-electron chi connectivity index (χ0n) is 19.2. The SMILES string of the molecule is Cc1ccc(NC(=O)CN2C(=O)S/C(=C/c3ccc(OCc4ccc([N+](=O)[O-])cc4)cc3)C2=O)cc1. The van der Waals surface area contributed by atoms with E-state index < -0.39 is 22.0 Å². The molecule has 0 saturated carbocycles. The predicted molar refractivity (Wildman–Crippen MR) is 136 cm³/mol. The van der Waals surface area contributed by atoms with Crippen molar-refractivity contribution in [3.63, 3.8) is 0 Å². The lowest BCUT2D eigenvalue weighted by Crippen LogP contribution is -2.36. The van der Waals surface area contributed by atoms with Crippen molar-refractivity contribution in [2.45, 2.75) is 13.5 Å². The fraction of sp³-hybridized carbons (Fsp3) is 0.115. The Kier molecular flexibility index (Phi) is 7.45. The first-order chi connectivity index (χ1) is 17.3. The fourth-order valence-corrected chi connectivity index (χ4v) is 4.15. The third kappa shape index (κ3) is 6.16. The van der Waals surface area contributed by atoms with Crippen LogP contribution in [0.4, 0.5) is 16.2 Å². The number of carbonyl (C=O) groups excluding carboxylic acids is 3. The molecule has 9 nitrogen and oxygen atoms in total. The number of imide groups is 1. The first-order valence-electron chi connectivity index (χ1n) is 10.9. The number of nitro benzene ring substituents is 1. The Bertz CT molecular complexity index is 1340. The normalized spacial score (nSPS) is 14.2. The van der Waals surface area contributed by atoms with E-state index in [9.17, 15) is 24.5 Å². The number of non-ortho nitro benzene ring substituents is 1. The molecule has 36 heavy (non-hydrogen) atoms. The first-order valence-corrected chi connectivity index (χ1v) is 11.7. The number of carbonyl (C=O) groups is 3. The Morgan fingerprint density at radius 2 is 1.69 bits per heavy atom. The number of nitrogens with zero attached hydrogens (tertiary/aromatic N) is 2. The first kappa shape index (κ1) is 24.7. The Balaban J connectivity index is 1.33. The van der Waals surface area contributed by atoms with Crippen molar-refractivity contribution in [3.05, 3.63) is 105 Å². The summed E-state index contributed by atoms with van der Waals surface area (Å²) in [6.45, 7) is 1.80. The number of hydrogen-bond donors (Lipinski definition) is 1. The van der Waals surface area contributed by atoms with Crippen molar-refractivity contribution < 1.29 is 24.0 Å². The van der Waals surface area contributed by atoms with Gasteiger partial charge in [0.25, 0.3) is 16.8 Å². The summed E-state index contributed by atoms with van der Waals surface area (Å²) in [7, 11) is 0. The quantitative estimate of drug-likeness (QED) is 0.256. The maximum Gasteiger partial charge on any atom is 0.294 e. The van der Waals surface area contributed by atoms with Crippen LogP contribution in [0.3, 0.4) is 0 Å². The largest absolute Gasteiger partial charge is 0.489 e. The van der Waals surface area contributed by atoms with Gasteiger partial charge in [0, 0.05) is 17.8 Å². The minimum Gasteiger partial charge on any atom is -0.489 e. The van der Waals surface area contributed by atoms with Crippen LogP contribution in [0.15, 0.2) is 77.7 Å². The number of aryl methyl sites for hydroxylation is 1. The summed E-state index contributed by atoms with van der Waals surface area (Å²) < 4.78 is 5.70. The lowest BCUT2D eigenvalue weighted by Gasteiger charge is -2.12. The number of hydrogen-bond acceptors (Lipinski definition) is 7. The predicted octanol–water partition coefficient (Wildman–Crippen LogP) is 5.16. The molecule has 4 rings (SSSR count). The highest BCUT2D eigenvalue weighted by Gasteiger charge is 2.36. The van der Waals surface area contributed by atoms with Gasteiger partial charge in [0.15, 0.2) is 0 Å². The topological polar surface area (TPSA) is 119 Å². The Hall–Kier alpha value is -4.44. The van der Waals surface area contributed by atoms with Crippen molar-refractivity contribution in [2.24, 2.45) is 0 Å². The number of ether oxygens (including phenoxy) is 1. The van der Waals surface area contributed by atoms with E-state index in [1.54, 1.807) is 54.6 Å². The number of amides is 3. The molecule has 0 unspecified atom stereocenters. The number of anilines is 1. The molecule has 1 heterocycles. The summed E-state index contributed by atoms with van der Waals surface area (Å²) in [5.41, 5.74) is 3.12. The number of rotatable bonds is 8. The summed E-state index contributed by atoms with van der Waals surface area (Å²) in [6.07, 6.45) is 1.59. The molecule has 0 aliphatic carbocycles. The van der Waals surface area contributed by atoms with Crippen LogP contribution in [-0.4, -0.2) is 33.4 Å². The minimum atomic E-state index is -0.525. The van der Waals surface area contributed by atoms with Gasteiger partial charge in [-0.15, -0.1) is 0 Å². The van der Waals surface area contributed by atoms with E-state index >= 15 is 0 Å². The van der Waals surface area contributed by atoms with Crippen LogP contribution in [0.25, 0.3) is 6.08 Å². The third-order valence-electron chi connectivity index (χ3n) is 5.24. The minimum absolute atomic E-state index is 0.0133. The summed E-state index contributed by atoms with van der Waals surface area (Å²) in [5.74, 6) is -0.411. The molecule has 10 heteroatoms. The number of nitrogens with one attached hydrogen (secondary N) is 1. The Morgan fingerprint density at radius 3 is 2.33 bits per heavy atom. The average molecular weight is 504 g/mol. The van der Waals surface area contributed by atoms with Crippen LogP contribution in [0.2, 0.25) is 0 Å². The molecule has 0 radical (unpaired) electrons. The van der Waals surface area contributed by atoms with Gasteiger partial charge in [-0.25, -0.2) is 0 Å². The molecule has 0 aromatic heterocycles. The van der Waals surface area contributed by atoms with Crippen LogP contribution in [0.1, 0.15) is 16.7 Å². The van der Waals surface area contributed by atoms with E-state index in [1.165, 1.54) is 12.1 Å². The molecule has 1 aliphatic heterocycles. The monoisotopic (exact) mass is 503 g/mol. The second-order valence-corrected chi connectivity index (χ2v) is 8.96. The lowest BCUT2D eigenvalue weighted by molar-refractivity contribution is -0.384. The number of nitro groups is 1. The van der Waals surface area contributed by atoms with Crippen molar-refractivity contribution in [3.8, 4) is 5.75 Å². The van der Waals surface area contributed by atoms with Gasteiger partial charge in [0.1, 0.15) is 18.9 Å². The summed E-state index contributed by atoms with van der Waals surface area (Å²) in [6, 6.07) is 20.2. The van der Waals surface area contributed by atoms with Gasteiger partial charge in [0.2, 0.25) is 5.91 Å². The molecular formula is C26H21N3O6S. The van der Waals surface area contributed by atoms with Gasteiger partial charge in [-0.2, -0.15) is 0 Å². The van der Waals surface area contributed by atoms with Gasteiger partial charge in [-0.05, 0) is 72.3 Å². The van der Waals surface area contributed by atoms with Crippen LogP contribution < -0.4 is 10.1 Å². The van der Waals surface area contributed by atoms with Crippen LogP contribution in [0.5, 0.6) is 5.75 Å². The number of benzene rings is 3. The summed E-state index contributed by atoms with van der Waals surface area (Å²) in [4.78, 5) is 48.8. The van der Waals surface area contributed by atoms with Gasteiger partial charge in [0.05, 0.1) is 9.83 Å². The molecule has 182 valence electrons. The van der Waals surface area contributed by atoms with E-state index in [-0.39, 0.29) is 23.7 Å². The maximum atomic E-state index is 12.7. The Labute approximate surface area is 210 Å². The fourth-order valence-electron chi connectivity index (χ4n) is 3.31. The van der Waals surface area contributed by atoms with Crippen molar-refractivity contribution in [1.29, 1.82) is 0 Å².